The lowest BCUT2D eigenvalue weighted by Gasteiger charge is -2.06. The van der Waals surface area contributed by atoms with Crippen molar-refractivity contribution < 1.29 is 5.11 Å². The summed E-state index contributed by atoms with van der Waals surface area (Å²) in [5.41, 5.74) is 9.36. The Morgan fingerprint density at radius 1 is 1.07 bits per heavy atom. The second-order valence-corrected chi connectivity index (χ2v) is 3.59. The lowest BCUT2D eigenvalue weighted by Crippen LogP contribution is -1.89. The number of para-hydroxylation sites is 1. The van der Waals surface area contributed by atoms with E-state index in [0.717, 1.165) is 22.4 Å². The second kappa shape index (κ2) is 3.65. The Morgan fingerprint density at radius 2 is 1.80 bits per heavy atom. The van der Waals surface area contributed by atoms with Crippen molar-refractivity contribution >= 4 is 5.69 Å². The van der Waals surface area contributed by atoms with E-state index in [2.05, 4.69) is 0 Å². The van der Waals surface area contributed by atoms with Gasteiger partial charge in [-0.25, -0.2) is 0 Å². The second-order valence-electron chi connectivity index (χ2n) is 3.59. The number of aryl methyl sites for hydroxylation is 1. The number of benzene rings is 2. The van der Waals surface area contributed by atoms with Crippen molar-refractivity contribution in [1.29, 1.82) is 0 Å². The normalized spacial score (nSPS) is 10.2. The summed E-state index contributed by atoms with van der Waals surface area (Å²) in [5.74, 6) is 0.293. The molecular formula is C13H13NO. The Labute approximate surface area is 89.0 Å². The van der Waals surface area contributed by atoms with Crippen LogP contribution in [0.2, 0.25) is 0 Å². The zero-order valence-corrected chi connectivity index (χ0v) is 8.57. The molecule has 0 aliphatic carbocycles. The van der Waals surface area contributed by atoms with E-state index in [1.807, 2.05) is 43.3 Å². The molecule has 0 fully saturated rings. The van der Waals surface area contributed by atoms with Crippen molar-refractivity contribution in [2.45, 2.75) is 6.92 Å². The number of phenols is 1. The van der Waals surface area contributed by atoms with Crippen LogP contribution in [-0.4, -0.2) is 5.11 Å². The third kappa shape index (κ3) is 1.79. The number of rotatable bonds is 1. The van der Waals surface area contributed by atoms with Gasteiger partial charge in [0.15, 0.2) is 0 Å². The third-order valence-corrected chi connectivity index (χ3v) is 2.48. The number of hydrogen-bond acceptors (Lipinski definition) is 2. The van der Waals surface area contributed by atoms with Gasteiger partial charge in [-0.15, -0.1) is 0 Å². The Kier molecular flexibility index (Phi) is 2.34. The highest BCUT2D eigenvalue weighted by Gasteiger charge is 2.03. The zero-order valence-electron chi connectivity index (χ0n) is 8.57. The number of nitrogen functional groups attached to an aromatic ring is 1. The first kappa shape index (κ1) is 9.59. The Balaban J connectivity index is 2.55. The van der Waals surface area contributed by atoms with Gasteiger partial charge in [0.1, 0.15) is 5.75 Å². The molecule has 2 aromatic rings. The molecule has 15 heavy (non-hydrogen) atoms. The third-order valence-electron chi connectivity index (χ3n) is 2.48. The predicted octanol–water partition coefficient (Wildman–Crippen LogP) is 2.95. The minimum absolute atomic E-state index is 0.293. The molecule has 0 radical (unpaired) electrons. The molecule has 2 rings (SSSR count). The maximum atomic E-state index is 9.69. The first-order valence-corrected chi connectivity index (χ1v) is 4.83. The van der Waals surface area contributed by atoms with Gasteiger partial charge in [-0.05, 0) is 36.2 Å². The van der Waals surface area contributed by atoms with Gasteiger partial charge in [-0.3, -0.25) is 0 Å². The van der Waals surface area contributed by atoms with Crippen molar-refractivity contribution in [3.63, 3.8) is 0 Å². The van der Waals surface area contributed by atoms with Gasteiger partial charge in [-0.1, -0.05) is 24.3 Å². The molecule has 0 heterocycles. The molecule has 0 aliphatic rings. The lowest BCUT2D eigenvalue weighted by atomic mass is 10.0. The fraction of sp³-hybridized carbons (Fsp3) is 0.0769. The van der Waals surface area contributed by atoms with Crippen molar-refractivity contribution in [2.75, 3.05) is 5.73 Å². The molecule has 0 bridgehead atoms. The quantitative estimate of drug-likeness (QED) is 0.693. The summed E-state index contributed by atoms with van der Waals surface area (Å²) in [6.45, 7) is 1.96. The van der Waals surface area contributed by atoms with Gasteiger partial charge in [0, 0.05) is 11.3 Å². The molecule has 0 saturated carbocycles. The molecule has 76 valence electrons. The van der Waals surface area contributed by atoms with E-state index in [1.165, 1.54) is 0 Å². The Hall–Kier alpha value is -1.96. The summed E-state index contributed by atoms with van der Waals surface area (Å²) >= 11 is 0. The maximum Gasteiger partial charge on any atom is 0.123 e. The van der Waals surface area contributed by atoms with Crippen LogP contribution in [0.25, 0.3) is 11.1 Å². The van der Waals surface area contributed by atoms with Crippen LogP contribution in [0, 0.1) is 6.92 Å². The highest BCUT2D eigenvalue weighted by molar-refractivity contribution is 5.72. The fourth-order valence-corrected chi connectivity index (χ4v) is 1.56. The number of hydrogen-bond donors (Lipinski definition) is 2. The van der Waals surface area contributed by atoms with Gasteiger partial charge in [0.05, 0.1) is 0 Å². The van der Waals surface area contributed by atoms with E-state index < -0.39 is 0 Å². The molecule has 0 aliphatic heterocycles. The largest absolute Gasteiger partial charge is 0.507 e. The van der Waals surface area contributed by atoms with Crippen LogP contribution in [0.15, 0.2) is 42.5 Å². The van der Waals surface area contributed by atoms with Gasteiger partial charge in [0.25, 0.3) is 0 Å². The van der Waals surface area contributed by atoms with E-state index in [-0.39, 0.29) is 0 Å². The monoisotopic (exact) mass is 199 g/mol. The van der Waals surface area contributed by atoms with E-state index in [4.69, 9.17) is 5.73 Å². The summed E-state index contributed by atoms with van der Waals surface area (Å²) < 4.78 is 0. The van der Waals surface area contributed by atoms with Gasteiger partial charge >= 0.3 is 0 Å². The van der Waals surface area contributed by atoms with Crippen molar-refractivity contribution in [3.8, 4) is 16.9 Å². The summed E-state index contributed by atoms with van der Waals surface area (Å²) in [6, 6.07) is 13.0. The molecular weight excluding hydrogens is 186 g/mol. The smallest absolute Gasteiger partial charge is 0.123 e. The van der Waals surface area contributed by atoms with Crippen LogP contribution < -0.4 is 5.73 Å². The SMILES string of the molecule is Cc1cc(-c2ccccc2O)ccc1N. The standard InChI is InChI=1S/C13H13NO/c1-9-8-10(6-7-12(9)14)11-4-2-3-5-13(11)15/h2-8,15H,14H2,1H3. The molecule has 2 aromatic carbocycles. The average molecular weight is 199 g/mol. The molecule has 3 N–H and O–H groups in total. The van der Waals surface area contributed by atoms with Crippen molar-refractivity contribution in [3.05, 3.63) is 48.0 Å². The summed E-state index contributed by atoms with van der Waals surface area (Å²) in [5, 5.41) is 9.69. The number of phenolic OH excluding ortho intramolecular Hbond substituents is 1. The minimum atomic E-state index is 0.293. The van der Waals surface area contributed by atoms with Crippen LogP contribution >= 0.6 is 0 Å². The van der Waals surface area contributed by atoms with E-state index in [0.29, 0.717) is 5.75 Å². The highest BCUT2D eigenvalue weighted by Crippen LogP contribution is 2.30. The minimum Gasteiger partial charge on any atom is -0.507 e. The van der Waals surface area contributed by atoms with Gasteiger partial charge < -0.3 is 10.8 Å². The lowest BCUT2D eigenvalue weighted by molar-refractivity contribution is 0.477. The molecule has 0 saturated heterocycles. The number of anilines is 1. The van der Waals surface area contributed by atoms with Crippen LogP contribution in [0.3, 0.4) is 0 Å². The molecule has 0 spiro atoms. The molecule has 0 unspecified atom stereocenters. The topological polar surface area (TPSA) is 46.2 Å². The fourth-order valence-electron chi connectivity index (χ4n) is 1.56. The van der Waals surface area contributed by atoms with Crippen molar-refractivity contribution in [2.24, 2.45) is 0 Å². The summed E-state index contributed by atoms with van der Waals surface area (Å²) in [7, 11) is 0. The molecule has 2 heteroatoms. The average Bonchev–Trinajstić information content (AvgIpc) is 2.23. The molecule has 2 nitrogen and oxygen atoms in total. The maximum absolute atomic E-state index is 9.69. The highest BCUT2D eigenvalue weighted by atomic mass is 16.3. The van der Waals surface area contributed by atoms with E-state index >= 15 is 0 Å². The first-order chi connectivity index (χ1) is 7.18. The van der Waals surface area contributed by atoms with E-state index in [1.54, 1.807) is 6.07 Å². The van der Waals surface area contributed by atoms with Crippen LogP contribution in [0.5, 0.6) is 5.75 Å². The van der Waals surface area contributed by atoms with Gasteiger partial charge in [0.2, 0.25) is 0 Å². The molecule has 0 amide bonds. The zero-order chi connectivity index (χ0) is 10.8. The first-order valence-electron chi connectivity index (χ1n) is 4.83. The van der Waals surface area contributed by atoms with Crippen LogP contribution in [0.4, 0.5) is 5.69 Å². The number of aromatic hydroxyl groups is 1. The predicted molar refractivity (Wildman–Crippen MR) is 62.7 cm³/mol. The Morgan fingerprint density at radius 3 is 2.47 bits per heavy atom. The van der Waals surface area contributed by atoms with Crippen LogP contribution in [0.1, 0.15) is 5.56 Å². The van der Waals surface area contributed by atoms with Crippen LogP contribution in [-0.2, 0) is 0 Å². The summed E-state index contributed by atoms with van der Waals surface area (Å²) in [6.07, 6.45) is 0. The summed E-state index contributed by atoms with van der Waals surface area (Å²) in [4.78, 5) is 0. The van der Waals surface area contributed by atoms with Crippen molar-refractivity contribution in [1.82, 2.24) is 0 Å². The number of nitrogens with two attached hydrogens (primary N) is 1. The van der Waals surface area contributed by atoms with Gasteiger partial charge in [-0.2, -0.15) is 0 Å². The Bertz CT molecular complexity index is 492. The molecule has 0 aromatic heterocycles. The van der Waals surface area contributed by atoms with E-state index in [9.17, 15) is 5.11 Å². The molecule has 0 atom stereocenters.